The fraction of sp³-hybridized carbons (Fsp3) is 0.444. The predicted octanol–water partition coefficient (Wildman–Crippen LogP) is 2.16. The molecule has 5 nitrogen and oxygen atoms in total. The SMILES string of the molecule is CCOC(=O)C=C(CC(O)C(=O)c1ccccc1)N1CCCC1. The minimum absolute atomic E-state index is 0.118. The number of likely N-dealkylation sites (tertiary alicyclic amines) is 1. The molecular weight excluding hydrogens is 294 g/mol. The average Bonchev–Trinajstić information content (AvgIpc) is 3.09. The van der Waals surface area contributed by atoms with Gasteiger partial charge < -0.3 is 14.7 Å². The Morgan fingerprint density at radius 3 is 2.52 bits per heavy atom. The van der Waals surface area contributed by atoms with Crippen LogP contribution in [0.25, 0.3) is 0 Å². The number of ether oxygens (including phenoxy) is 1. The summed E-state index contributed by atoms with van der Waals surface area (Å²) in [6.07, 6.45) is 2.44. The molecule has 1 aliphatic heterocycles. The number of carbonyl (C=O) groups excluding carboxylic acids is 2. The second-order valence-electron chi connectivity index (χ2n) is 5.53. The summed E-state index contributed by atoms with van der Waals surface area (Å²) in [7, 11) is 0. The van der Waals surface area contributed by atoms with E-state index in [1.807, 2.05) is 11.0 Å². The van der Waals surface area contributed by atoms with Crippen molar-refractivity contribution in [2.24, 2.45) is 0 Å². The Balaban J connectivity index is 2.10. The lowest BCUT2D eigenvalue weighted by molar-refractivity contribution is -0.137. The lowest BCUT2D eigenvalue weighted by atomic mass is 10.0. The third-order valence-corrected chi connectivity index (χ3v) is 3.85. The van der Waals surface area contributed by atoms with Gasteiger partial charge in [-0.25, -0.2) is 4.79 Å². The molecule has 23 heavy (non-hydrogen) atoms. The zero-order valence-electron chi connectivity index (χ0n) is 13.4. The van der Waals surface area contributed by atoms with Gasteiger partial charge in [0.05, 0.1) is 6.61 Å². The van der Waals surface area contributed by atoms with Gasteiger partial charge in [0.25, 0.3) is 0 Å². The van der Waals surface area contributed by atoms with E-state index in [-0.39, 0.29) is 12.2 Å². The van der Waals surface area contributed by atoms with E-state index in [9.17, 15) is 14.7 Å². The molecule has 1 atom stereocenters. The summed E-state index contributed by atoms with van der Waals surface area (Å²) in [4.78, 5) is 26.1. The maximum Gasteiger partial charge on any atom is 0.332 e. The molecule has 0 amide bonds. The normalized spacial score (nSPS) is 16.3. The van der Waals surface area contributed by atoms with Crippen molar-refractivity contribution in [3.8, 4) is 0 Å². The van der Waals surface area contributed by atoms with Crippen LogP contribution >= 0.6 is 0 Å². The number of aliphatic hydroxyl groups excluding tert-OH is 1. The summed E-state index contributed by atoms with van der Waals surface area (Å²) in [5, 5.41) is 10.3. The molecule has 124 valence electrons. The van der Waals surface area contributed by atoms with E-state index in [1.165, 1.54) is 6.08 Å². The van der Waals surface area contributed by atoms with Crippen LogP contribution in [0.5, 0.6) is 0 Å². The first-order valence-electron chi connectivity index (χ1n) is 8.01. The molecule has 1 aromatic carbocycles. The molecule has 1 heterocycles. The monoisotopic (exact) mass is 317 g/mol. The van der Waals surface area contributed by atoms with Crippen LogP contribution in [0.3, 0.4) is 0 Å². The minimum Gasteiger partial charge on any atom is -0.463 e. The number of hydrogen-bond donors (Lipinski definition) is 1. The van der Waals surface area contributed by atoms with Crippen LogP contribution in [0.1, 0.15) is 36.5 Å². The summed E-state index contributed by atoms with van der Waals surface area (Å²) >= 11 is 0. The van der Waals surface area contributed by atoms with Crippen molar-refractivity contribution in [2.45, 2.75) is 32.3 Å². The standard InChI is InChI=1S/C18H23NO4/c1-2-23-17(21)13-15(19-10-6-7-11-19)12-16(20)18(22)14-8-4-3-5-9-14/h3-5,8-9,13,16,20H,2,6-7,10-12H2,1H3. The van der Waals surface area contributed by atoms with E-state index in [0.29, 0.717) is 17.9 Å². The number of hydrogen-bond acceptors (Lipinski definition) is 5. The molecule has 1 unspecified atom stereocenters. The molecule has 1 fully saturated rings. The highest BCUT2D eigenvalue weighted by Gasteiger charge is 2.23. The van der Waals surface area contributed by atoms with Crippen LogP contribution in [-0.4, -0.2) is 47.6 Å². The molecule has 1 aliphatic rings. The van der Waals surface area contributed by atoms with Gasteiger partial charge in [-0.05, 0) is 19.8 Å². The van der Waals surface area contributed by atoms with Crippen molar-refractivity contribution in [2.75, 3.05) is 19.7 Å². The third kappa shape index (κ3) is 4.93. The number of aliphatic hydroxyl groups is 1. The minimum atomic E-state index is -1.17. The first-order chi connectivity index (χ1) is 11.1. The first kappa shape index (κ1) is 17.2. The lowest BCUT2D eigenvalue weighted by Crippen LogP contribution is -2.28. The van der Waals surface area contributed by atoms with Crippen LogP contribution < -0.4 is 0 Å². The number of nitrogens with zero attached hydrogens (tertiary/aromatic N) is 1. The Labute approximate surface area is 136 Å². The van der Waals surface area contributed by atoms with Crippen LogP contribution in [0.15, 0.2) is 42.1 Å². The molecule has 0 bridgehead atoms. The fourth-order valence-electron chi connectivity index (χ4n) is 2.69. The Morgan fingerprint density at radius 1 is 1.26 bits per heavy atom. The van der Waals surface area contributed by atoms with Gasteiger partial charge in [0.2, 0.25) is 0 Å². The number of ketones is 1. The van der Waals surface area contributed by atoms with Gasteiger partial charge in [-0.3, -0.25) is 4.79 Å². The van der Waals surface area contributed by atoms with E-state index in [0.717, 1.165) is 25.9 Å². The molecule has 0 radical (unpaired) electrons. The van der Waals surface area contributed by atoms with Crippen molar-refractivity contribution < 1.29 is 19.4 Å². The zero-order chi connectivity index (χ0) is 16.7. The van der Waals surface area contributed by atoms with Gasteiger partial charge in [-0.15, -0.1) is 0 Å². The molecule has 5 heteroatoms. The van der Waals surface area contributed by atoms with Crippen LogP contribution in [0.2, 0.25) is 0 Å². The number of carbonyl (C=O) groups is 2. The van der Waals surface area contributed by atoms with Crippen molar-refractivity contribution in [1.82, 2.24) is 4.90 Å². The summed E-state index contributed by atoms with van der Waals surface area (Å²) < 4.78 is 4.95. The fourth-order valence-corrected chi connectivity index (χ4v) is 2.69. The largest absolute Gasteiger partial charge is 0.463 e. The summed E-state index contributed by atoms with van der Waals surface area (Å²) in [5.74, 6) is -0.770. The molecule has 1 aromatic rings. The van der Waals surface area contributed by atoms with Gasteiger partial charge in [-0.2, -0.15) is 0 Å². The maximum atomic E-state index is 12.3. The number of benzene rings is 1. The number of esters is 1. The van der Waals surface area contributed by atoms with Crippen molar-refractivity contribution >= 4 is 11.8 Å². The van der Waals surface area contributed by atoms with Gasteiger partial charge in [0, 0.05) is 36.8 Å². The predicted molar refractivity (Wildman–Crippen MR) is 86.9 cm³/mol. The van der Waals surface area contributed by atoms with Gasteiger partial charge in [0.1, 0.15) is 6.10 Å². The van der Waals surface area contributed by atoms with Crippen molar-refractivity contribution in [3.63, 3.8) is 0 Å². The third-order valence-electron chi connectivity index (χ3n) is 3.85. The Bertz CT molecular complexity index is 562. The quantitative estimate of drug-likeness (QED) is 0.474. The molecule has 1 saturated heterocycles. The van der Waals surface area contributed by atoms with E-state index in [4.69, 9.17) is 4.74 Å². The lowest BCUT2D eigenvalue weighted by Gasteiger charge is -2.23. The topological polar surface area (TPSA) is 66.8 Å². The number of rotatable bonds is 7. The molecule has 2 rings (SSSR count). The van der Waals surface area contributed by atoms with E-state index >= 15 is 0 Å². The molecule has 0 spiro atoms. The summed E-state index contributed by atoms with van der Waals surface area (Å²) in [6.45, 7) is 3.71. The Kier molecular flexibility index (Phi) is 6.35. The van der Waals surface area contributed by atoms with Crippen molar-refractivity contribution in [1.29, 1.82) is 0 Å². The number of Topliss-reactive ketones (excluding diaryl/α,β-unsaturated/α-hetero) is 1. The van der Waals surface area contributed by atoms with E-state index in [1.54, 1.807) is 31.2 Å². The zero-order valence-corrected chi connectivity index (χ0v) is 13.4. The summed E-state index contributed by atoms with van der Waals surface area (Å²) in [6, 6.07) is 8.69. The highest BCUT2D eigenvalue weighted by Crippen LogP contribution is 2.20. The van der Waals surface area contributed by atoms with Crippen LogP contribution in [0, 0.1) is 0 Å². The van der Waals surface area contributed by atoms with Gasteiger partial charge >= 0.3 is 5.97 Å². The second-order valence-corrected chi connectivity index (χ2v) is 5.53. The molecule has 1 N–H and O–H groups in total. The highest BCUT2D eigenvalue weighted by atomic mass is 16.5. The highest BCUT2D eigenvalue weighted by molar-refractivity contribution is 5.99. The first-order valence-corrected chi connectivity index (χ1v) is 8.01. The molecular formula is C18H23NO4. The van der Waals surface area contributed by atoms with Crippen LogP contribution in [0.4, 0.5) is 0 Å². The van der Waals surface area contributed by atoms with E-state index < -0.39 is 12.1 Å². The smallest absolute Gasteiger partial charge is 0.332 e. The van der Waals surface area contributed by atoms with Gasteiger partial charge in [0.15, 0.2) is 5.78 Å². The van der Waals surface area contributed by atoms with Crippen molar-refractivity contribution in [3.05, 3.63) is 47.7 Å². The Hall–Kier alpha value is -2.14. The molecule has 0 aliphatic carbocycles. The maximum absolute atomic E-state index is 12.3. The average molecular weight is 317 g/mol. The molecule has 0 saturated carbocycles. The second kappa shape index (κ2) is 8.48. The summed E-state index contributed by atoms with van der Waals surface area (Å²) in [5.41, 5.74) is 1.13. The molecule has 0 aromatic heterocycles. The van der Waals surface area contributed by atoms with E-state index in [2.05, 4.69) is 0 Å². The van der Waals surface area contributed by atoms with Gasteiger partial charge in [-0.1, -0.05) is 30.3 Å². The van der Waals surface area contributed by atoms with Crippen LogP contribution in [-0.2, 0) is 9.53 Å². The Morgan fingerprint density at radius 2 is 1.91 bits per heavy atom.